The van der Waals surface area contributed by atoms with E-state index in [2.05, 4.69) is 15.3 Å². The standard InChI is InChI=1S/C24H18Cl2N4O2S/c25-20-9-6-16(12-19(20)23-27-14-15-4-1-2-5-22(15)29-23)28-24(31)18-8-7-17(13-21(18)26)30-10-3-11-33(30)32/h1-2,4-9,12-14H,3,10-11H2,(H,28,31). The van der Waals surface area contributed by atoms with Crippen molar-refractivity contribution in [1.82, 2.24) is 9.97 Å². The van der Waals surface area contributed by atoms with E-state index in [1.807, 2.05) is 24.3 Å². The monoisotopic (exact) mass is 496 g/mol. The number of carbonyl (C=O) groups excluding carboxylic acids is 1. The van der Waals surface area contributed by atoms with Crippen LogP contribution in [0.15, 0.2) is 66.9 Å². The minimum atomic E-state index is -1.05. The van der Waals surface area contributed by atoms with Crippen LogP contribution in [0.25, 0.3) is 22.3 Å². The molecule has 1 saturated heterocycles. The van der Waals surface area contributed by atoms with Crippen molar-refractivity contribution in [2.75, 3.05) is 21.9 Å². The number of rotatable bonds is 4. The molecule has 9 heteroatoms. The first-order valence-corrected chi connectivity index (χ1v) is 12.3. The Morgan fingerprint density at radius 1 is 1.03 bits per heavy atom. The zero-order valence-corrected chi connectivity index (χ0v) is 19.6. The van der Waals surface area contributed by atoms with Crippen molar-refractivity contribution in [2.24, 2.45) is 0 Å². The number of halogens is 2. The fourth-order valence-corrected chi connectivity index (χ4v) is 5.45. The number of amides is 1. The number of nitrogens with one attached hydrogen (secondary N) is 1. The van der Waals surface area contributed by atoms with Crippen LogP contribution in [0.1, 0.15) is 16.8 Å². The van der Waals surface area contributed by atoms with Gasteiger partial charge in [0.1, 0.15) is 11.0 Å². The Balaban J connectivity index is 1.40. The van der Waals surface area contributed by atoms with Crippen LogP contribution in [0.5, 0.6) is 0 Å². The molecule has 4 aromatic rings. The van der Waals surface area contributed by atoms with E-state index in [-0.39, 0.29) is 5.91 Å². The molecule has 1 fully saturated rings. The van der Waals surface area contributed by atoms with Crippen molar-refractivity contribution in [1.29, 1.82) is 0 Å². The Kier molecular flexibility index (Phi) is 6.01. The molecule has 6 nitrogen and oxygen atoms in total. The van der Waals surface area contributed by atoms with Crippen LogP contribution in [-0.2, 0) is 11.0 Å². The van der Waals surface area contributed by atoms with Crippen molar-refractivity contribution in [2.45, 2.75) is 6.42 Å². The zero-order chi connectivity index (χ0) is 22.9. The van der Waals surface area contributed by atoms with E-state index in [0.717, 1.165) is 23.0 Å². The second-order valence-corrected chi connectivity index (χ2v) is 9.85. The second-order valence-electron chi connectivity index (χ2n) is 7.55. The third kappa shape index (κ3) is 4.44. The number of anilines is 2. The quantitative estimate of drug-likeness (QED) is 0.391. The maximum absolute atomic E-state index is 12.9. The predicted molar refractivity (Wildman–Crippen MR) is 134 cm³/mol. The summed E-state index contributed by atoms with van der Waals surface area (Å²) in [5, 5.41) is 4.56. The van der Waals surface area contributed by atoms with E-state index in [1.165, 1.54) is 0 Å². The molecule has 1 aliphatic rings. The Bertz CT molecular complexity index is 1410. The van der Waals surface area contributed by atoms with Crippen molar-refractivity contribution < 1.29 is 9.00 Å². The summed E-state index contributed by atoms with van der Waals surface area (Å²) in [6.45, 7) is 0.707. The van der Waals surface area contributed by atoms with Crippen molar-refractivity contribution in [3.63, 3.8) is 0 Å². The van der Waals surface area contributed by atoms with Gasteiger partial charge in [-0.25, -0.2) is 14.2 Å². The van der Waals surface area contributed by atoms with Crippen molar-refractivity contribution in [3.8, 4) is 11.4 Å². The van der Waals surface area contributed by atoms with Crippen LogP contribution in [0, 0.1) is 0 Å². The van der Waals surface area contributed by atoms with Gasteiger partial charge in [0.2, 0.25) is 0 Å². The molecule has 2 heterocycles. The van der Waals surface area contributed by atoms with Crippen LogP contribution in [-0.4, -0.2) is 32.4 Å². The van der Waals surface area contributed by atoms with Gasteiger partial charge in [-0.2, -0.15) is 0 Å². The van der Waals surface area contributed by atoms with E-state index in [4.69, 9.17) is 23.2 Å². The molecule has 33 heavy (non-hydrogen) atoms. The van der Waals surface area contributed by atoms with Crippen LogP contribution >= 0.6 is 23.2 Å². The lowest BCUT2D eigenvalue weighted by Gasteiger charge is -2.17. The van der Waals surface area contributed by atoms with Crippen LogP contribution in [0.3, 0.4) is 0 Å². The summed E-state index contributed by atoms with van der Waals surface area (Å²) in [5.41, 5.74) is 3.02. The SMILES string of the molecule is O=C(Nc1ccc(Cl)c(-c2ncc3ccccc3n2)c1)c1ccc(N2CCCS2=O)cc1Cl. The first-order chi connectivity index (χ1) is 16.0. The predicted octanol–water partition coefficient (Wildman–Crippen LogP) is 5.73. The first-order valence-electron chi connectivity index (χ1n) is 10.3. The topological polar surface area (TPSA) is 75.2 Å². The molecule has 1 aromatic heterocycles. The molecule has 0 saturated carbocycles. The highest BCUT2D eigenvalue weighted by Crippen LogP contribution is 2.31. The minimum absolute atomic E-state index is 0.293. The average molecular weight is 497 g/mol. The number of hydrogen-bond acceptors (Lipinski definition) is 4. The van der Waals surface area contributed by atoms with Gasteiger partial charge in [0.25, 0.3) is 5.91 Å². The molecular weight excluding hydrogens is 479 g/mol. The molecule has 1 atom stereocenters. The first kappa shape index (κ1) is 21.8. The number of hydrogen-bond donors (Lipinski definition) is 1. The fraction of sp³-hybridized carbons (Fsp3) is 0.125. The molecule has 0 bridgehead atoms. The normalized spacial score (nSPS) is 15.7. The van der Waals surface area contributed by atoms with E-state index >= 15 is 0 Å². The molecule has 1 unspecified atom stereocenters. The largest absolute Gasteiger partial charge is 0.322 e. The highest BCUT2D eigenvalue weighted by molar-refractivity contribution is 7.86. The van der Waals surface area contributed by atoms with Crippen LogP contribution in [0.4, 0.5) is 11.4 Å². The zero-order valence-electron chi connectivity index (χ0n) is 17.3. The summed E-state index contributed by atoms with van der Waals surface area (Å²) in [6, 6.07) is 17.9. The average Bonchev–Trinajstić information content (AvgIpc) is 3.25. The third-order valence-electron chi connectivity index (χ3n) is 5.37. The lowest BCUT2D eigenvalue weighted by molar-refractivity contribution is 0.102. The summed E-state index contributed by atoms with van der Waals surface area (Å²) < 4.78 is 13.9. The Labute approximate surface area is 203 Å². The number of carbonyl (C=O) groups is 1. The summed E-state index contributed by atoms with van der Waals surface area (Å²) in [4.78, 5) is 21.9. The Morgan fingerprint density at radius 2 is 1.88 bits per heavy atom. The highest BCUT2D eigenvalue weighted by Gasteiger charge is 2.22. The van der Waals surface area contributed by atoms with Gasteiger partial charge < -0.3 is 5.32 Å². The second kappa shape index (κ2) is 9.09. The van der Waals surface area contributed by atoms with Gasteiger partial charge in [-0.05, 0) is 48.9 Å². The molecule has 166 valence electrons. The molecule has 1 amide bonds. The number of aromatic nitrogens is 2. The molecular formula is C24H18Cl2N4O2S. The molecule has 1 N–H and O–H groups in total. The smallest absolute Gasteiger partial charge is 0.257 e. The minimum Gasteiger partial charge on any atom is -0.322 e. The third-order valence-corrected chi connectivity index (χ3v) is 7.53. The summed E-state index contributed by atoms with van der Waals surface area (Å²) in [7, 11) is -1.05. The van der Waals surface area contributed by atoms with Gasteiger partial charge in [0.15, 0.2) is 5.82 Å². The van der Waals surface area contributed by atoms with E-state index in [1.54, 1.807) is 46.9 Å². The molecule has 5 rings (SSSR count). The fourth-order valence-electron chi connectivity index (χ4n) is 3.71. The van der Waals surface area contributed by atoms with Crippen LogP contribution in [0.2, 0.25) is 10.0 Å². The molecule has 0 aliphatic carbocycles. The van der Waals surface area contributed by atoms with Gasteiger partial charge in [0.05, 0.1) is 26.8 Å². The van der Waals surface area contributed by atoms with Gasteiger partial charge in [-0.3, -0.25) is 9.10 Å². The summed E-state index contributed by atoms with van der Waals surface area (Å²) >= 11 is 12.8. The van der Waals surface area contributed by atoms with E-state index in [0.29, 0.717) is 45.0 Å². The summed E-state index contributed by atoms with van der Waals surface area (Å²) in [5.74, 6) is 0.747. The molecule has 1 aliphatic heterocycles. The van der Waals surface area contributed by atoms with Gasteiger partial charge in [-0.1, -0.05) is 41.4 Å². The van der Waals surface area contributed by atoms with Crippen molar-refractivity contribution >= 4 is 62.4 Å². The van der Waals surface area contributed by atoms with Gasteiger partial charge in [0, 0.05) is 35.1 Å². The number of fused-ring (bicyclic) bond motifs is 1. The number of para-hydroxylation sites is 1. The van der Waals surface area contributed by atoms with Crippen LogP contribution < -0.4 is 9.62 Å². The molecule has 0 radical (unpaired) electrons. The van der Waals surface area contributed by atoms with Gasteiger partial charge in [-0.15, -0.1) is 0 Å². The van der Waals surface area contributed by atoms with Crippen molar-refractivity contribution in [3.05, 3.63) is 82.5 Å². The summed E-state index contributed by atoms with van der Waals surface area (Å²) in [6.07, 6.45) is 2.61. The molecule has 0 spiro atoms. The number of nitrogens with zero attached hydrogens (tertiary/aromatic N) is 3. The maximum atomic E-state index is 12.9. The maximum Gasteiger partial charge on any atom is 0.257 e. The Hall–Kier alpha value is -3.00. The number of benzene rings is 3. The molecule has 3 aromatic carbocycles. The lowest BCUT2D eigenvalue weighted by Crippen LogP contribution is -2.20. The van der Waals surface area contributed by atoms with Gasteiger partial charge >= 0.3 is 0 Å². The van der Waals surface area contributed by atoms with E-state index in [9.17, 15) is 9.00 Å². The van der Waals surface area contributed by atoms with E-state index < -0.39 is 11.0 Å². The lowest BCUT2D eigenvalue weighted by atomic mass is 10.1. The highest BCUT2D eigenvalue weighted by atomic mass is 35.5. The Morgan fingerprint density at radius 3 is 2.67 bits per heavy atom.